The predicted molar refractivity (Wildman–Crippen MR) is 70.2 cm³/mol. The Kier molecular flexibility index (Phi) is 3.41. The van der Waals surface area contributed by atoms with Crippen LogP contribution >= 0.6 is 15.9 Å². The van der Waals surface area contributed by atoms with Gasteiger partial charge in [-0.1, -0.05) is 6.92 Å². The lowest BCUT2D eigenvalue weighted by Gasteiger charge is -2.13. The molecule has 5 heteroatoms. The number of carbonyl (C=O) groups is 1. The molecule has 1 aliphatic carbocycles. The highest BCUT2D eigenvalue weighted by atomic mass is 79.9. The summed E-state index contributed by atoms with van der Waals surface area (Å²) in [4.78, 5) is 14.5. The average molecular weight is 300 g/mol. The van der Waals surface area contributed by atoms with E-state index in [2.05, 4.69) is 25.9 Å². The molecule has 0 amide bonds. The third-order valence-electron chi connectivity index (χ3n) is 3.32. The first-order chi connectivity index (χ1) is 7.94. The number of rotatable bonds is 5. The van der Waals surface area contributed by atoms with Gasteiger partial charge in [0.2, 0.25) is 0 Å². The molecule has 0 atom stereocenters. The van der Waals surface area contributed by atoms with E-state index in [0.717, 1.165) is 36.1 Å². The van der Waals surface area contributed by atoms with E-state index in [1.807, 2.05) is 25.7 Å². The van der Waals surface area contributed by atoms with E-state index in [4.69, 9.17) is 0 Å². The summed E-state index contributed by atoms with van der Waals surface area (Å²) in [7, 11) is 4.03. The molecule has 0 unspecified atom stereocenters. The fourth-order valence-electron chi connectivity index (χ4n) is 1.75. The number of hydrogen-bond donors (Lipinski definition) is 0. The van der Waals surface area contributed by atoms with Crippen LogP contribution in [0.3, 0.4) is 0 Å². The van der Waals surface area contributed by atoms with Crippen molar-refractivity contribution in [1.29, 1.82) is 0 Å². The zero-order valence-electron chi connectivity index (χ0n) is 10.5. The number of halogens is 1. The smallest absolute Gasteiger partial charge is 0.187 e. The summed E-state index contributed by atoms with van der Waals surface area (Å²) in [6.45, 7) is 3.66. The van der Waals surface area contributed by atoms with Crippen LogP contribution in [-0.2, 0) is 6.54 Å². The van der Waals surface area contributed by atoms with Crippen LogP contribution in [0.2, 0.25) is 0 Å². The lowest BCUT2D eigenvalue weighted by Crippen LogP contribution is -2.23. The Bertz CT molecular complexity index is 435. The SMILES string of the molecule is CN(C)CCn1ncc(Br)c1C(=O)C1(C)CC1. The van der Waals surface area contributed by atoms with E-state index >= 15 is 0 Å². The van der Waals surface area contributed by atoms with Crippen LogP contribution in [-0.4, -0.2) is 41.1 Å². The number of likely N-dealkylation sites (N-methyl/N-ethyl adjacent to an activating group) is 1. The van der Waals surface area contributed by atoms with Crippen molar-refractivity contribution >= 4 is 21.7 Å². The monoisotopic (exact) mass is 299 g/mol. The van der Waals surface area contributed by atoms with E-state index in [1.54, 1.807) is 6.20 Å². The van der Waals surface area contributed by atoms with Crippen LogP contribution in [0, 0.1) is 5.41 Å². The van der Waals surface area contributed by atoms with Crippen molar-refractivity contribution in [1.82, 2.24) is 14.7 Å². The normalized spacial score (nSPS) is 17.5. The fraction of sp³-hybridized carbons (Fsp3) is 0.667. The first-order valence-electron chi connectivity index (χ1n) is 5.85. The van der Waals surface area contributed by atoms with Crippen LogP contribution < -0.4 is 0 Å². The fourth-order valence-corrected chi connectivity index (χ4v) is 2.23. The lowest BCUT2D eigenvalue weighted by atomic mass is 10.0. The van der Waals surface area contributed by atoms with Gasteiger partial charge in [0.25, 0.3) is 0 Å². The molecule has 0 aliphatic heterocycles. The Balaban J connectivity index is 2.20. The third-order valence-corrected chi connectivity index (χ3v) is 3.90. The molecule has 0 spiro atoms. The van der Waals surface area contributed by atoms with Gasteiger partial charge in [0.15, 0.2) is 5.78 Å². The Labute approximate surface area is 110 Å². The van der Waals surface area contributed by atoms with Crippen molar-refractivity contribution in [3.8, 4) is 0 Å². The first kappa shape index (κ1) is 12.8. The maximum atomic E-state index is 12.4. The van der Waals surface area contributed by atoms with Crippen molar-refractivity contribution in [3.63, 3.8) is 0 Å². The molecule has 0 radical (unpaired) electrons. The molecular formula is C12H18BrN3O. The second-order valence-electron chi connectivity index (χ2n) is 5.26. The number of hydrogen-bond acceptors (Lipinski definition) is 3. The van der Waals surface area contributed by atoms with Gasteiger partial charge in [-0.15, -0.1) is 0 Å². The van der Waals surface area contributed by atoms with Crippen molar-refractivity contribution in [2.24, 2.45) is 5.41 Å². The van der Waals surface area contributed by atoms with E-state index < -0.39 is 0 Å². The summed E-state index contributed by atoms with van der Waals surface area (Å²) < 4.78 is 2.63. The second kappa shape index (κ2) is 4.53. The van der Waals surface area contributed by atoms with E-state index in [-0.39, 0.29) is 11.2 Å². The van der Waals surface area contributed by atoms with Crippen molar-refractivity contribution in [2.45, 2.75) is 26.3 Å². The number of aromatic nitrogens is 2. The van der Waals surface area contributed by atoms with Crippen LogP contribution in [0.4, 0.5) is 0 Å². The van der Waals surface area contributed by atoms with E-state index in [9.17, 15) is 4.79 Å². The Morgan fingerprint density at radius 2 is 2.24 bits per heavy atom. The summed E-state index contributed by atoms with van der Waals surface area (Å²) in [6.07, 6.45) is 3.71. The molecule has 1 aliphatic rings. The summed E-state index contributed by atoms with van der Waals surface area (Å²) in [5.74, 6) is 0.223. The Morgan fingerprint density at radius 1 is 1.59 bits per heavy atom. The molecule has 17 heavy (non-hydrogen) atoms. The first-order valence-corrected chi connectivity index (χ1v) is 6.64. The minimum Gasteiger partial charge on any atom is -0.308 e. The van der Waals surface area contributed by atoms with Gasteiger partial charge in [-0.05, 0) is 42.9 Å². The summed E-state index contributed by atoms with van der Waals surface area (Å²) >= 11 is 3.43. The summed E-state index contributed by atoms with van der Waals surface area (Å²) in [5, 5.41) is 4.27. The highest BCUT2D eigenvalue weighted by Crippen LogP contribution is 2.48. The van der Waals surface area contributed by atoms with Crippen molar-refractivity contribution in [2.75, 3.05) is 20.6 Å². The zero-order chi connectivity index (χ0) is 12.6. The van der Waals surface area contributed by atoms with Gasteiger partial charge in [-0.3, -0.25) is 9.48 Å². The second-order valence-corrected chi connectivity index (χ2v) is 6.11. The largest absolute Gasteiger partial charge is 0.308 e. The van der Waals surface area contributed by atoms with Gasteiger partial charge >= 0.3 is 0 Å². The molecule has 2 rings (SSSR count). The lowest BCUT2D eigenvalue weighted by molar-refractivity contribution is 0.0899. The molecule has 94 valence electrons. The minimum absolute atomic E-state index is 0.140. The molecule has 1 heterocycles. The quantitative estimate of drug-likeness (QED) is 0.782. The molecule has 1 fully saturated rings. The van der Waals surface area contributed by atoms with Gasteiger partial charge in [-0.2, -0.15) is 5.10 Å². The van der Waals surface area contributed by atoms with Gasteiger partial charge in [0.1, 0.15) is 5.69 Å². The van der Waals surface area contributed by atoms with Crippen LogP contribution in [0.5, 0.6) is 0 Å². The highest BCUT2D eigenvalue weighted by Gasteiger charge is 2.46. The predicted octanol–water partition coefficient (Wildman–Crippen LogP) is 2.19. The number of nitrogens with zero attached hydrogens (tertiary/aromatic N) is 3. The molecule has 0 saturated heterocycles. The Hall–Kier alpha value is -0.680. The van der Waals surface area contributed by atoms with Crippen LogP contribution in [0.25, 0.3) is 0 Å². The maximum Gasteiger partial charge on any atom is 0.187 e. The summed E-state index contributed by atoms with van der Waals surface area (Å²) in [6, 6.07) is 0. The number of Topliss-reactive ketones (excluding diaryl/α,β-unsaturated/α-hetero) is 1. The van der Waals surface area contributed by atoms with Crippen molar-refractivity contribution in [3.05, 3.63) is 16.4 Å². The number of carbonyl (C=O) groups excluding carboxylic acids is 1. The van der Waals surface area contributed by atoms with E-state index in [1.165, 1.54) is 0 Å². The molecule has 1 aromatic heterocycles. The molecule has 0 N–H and O–H groups in total. The topological polar surface area (TPSA) is 38.1 Å². The highest BCUT2D eigenvalue weighted by molar-refractivity contribution is 9.10. The van der Waals surface area contributed by atoms with Gasteiger partial charge in [-0.25, -0.2) is 0 Å². The molecule has 0 bridgehead atoms. The molecular weight excluding hydrogens is 282 g/mol. The average Bonchev–Trinajstić information content (AvgIpc) is 2.90. The van der Waals surface area contributed by atoms with E-state index in [0.29, 0.717) is 0 Å². The molecule has 4 nitrogen and oxygen atoms in total. The van der Waals surface area contributed by atoms with Crippen molar-refractivity contribution < 1.29 is 4.79 Å². The number of ketones is 1. The standard InChI is InChI=1S/C12H18BrN3O/c1-12(4-5-12)11(17)10-9(13)8-14-16(10)7-6-15(2)3/h8H,4-7H2,1-3H3. The Morgan fingerprint density at radius 3 is 2.76 bits per heavy atom. The van der Waals surface area contributed by atoms with Gasteiger partial charge in [0, 0.05) is 12.0 Å². The third kappa shape index (κ3) is 2.60. The minimum atomic E-state index is -0.140. The molecule has 1 saturated carbocycles. The maximum absolute atomic E-state index is 12.4. The zero-order valence-corrected chi connectivity index (χ0v) is 12.1. The van der Waals surface area contributed by atoms with Gasteiger partial charge < -0.3 is 4.90 Å². The molecule has 0 aromatic carbocycles. The van der Waals surface area contributed by atoms with Crippen LogP contribution in [0.15, 0.2) is 10.7 Å². The van der Waals surface area contributed by atoms with Gasteiger partial charge in [0.05, 0.1) is 17.2 Å². The van der Waals surface area contributed by atoms with Crippen LogP contribution in [0.1, 0.15) is 30.3 Å². The summed E-state index contributed by atoms with van der Waals surface area (Å²) in [5.41, 5.74) is 0.588. The molecule has 1 aromatic rings.